The molecule has 1 heterocycles. The molecular formula is C17H17ClN2O3S. The third kappa shape index (κ3) is 4.43. The maximum atomic E-state index is 12.3. The average Bonchev–Trinajstić information content (AvgIpc) is 2.94. The monoisotopic (exact) mass is 364 g/mol. The lowest BCUT2D eigenvalue weighted by Crippen LogP contribution is -2.35. The van der Waals surface area contributed by atoms with E-state index in [-0.39, 0.29) is 5.91 Å². The van der Waals surface area contributed by atoms with Crippen molar-refractivity contribution in [3.63, 3.8) is 0 Å². The van der Waals surface area contributed by atoms with Crippen LogP contribution in [0.3, 0.4) is 0 Å². The van der Waals surface area contributed by atoms with Gasteiger partial charge in [0.05, 0.1) is 5.69 Å². The van der Waals surface area contributed by atoms with E-state index >= 15 is 0 Å². The lowest BCUT2D eigenvalue weighted by Gasteiger charge is -2.12. The van der Waals surface area contributed by atoms with E-state index in [0.29, 0.717) is 27.1 Å². The van der Waals surface area contributed by atoms with E-state index in [4.69, 9.17) is 16.3 Å². The second-order valence-corrected chi connectivity index (χ2v) is 6.46. The summed E-state index contributed by atoms with van der Waals surface area (Å²) in [5.41, 5.74) is 1.38. The highest BCUT2D eigenvalue weighted by molar-refractivity contribution is 7.17. The summed E-state index contributed by atoms with van der Waals surface area (Å²) in [7, 11) is 0. The van der Waals surface area contributed by atoms with Gasteiger partial charge in [0, 0.05) is 17.1 Å². The number of carbonyl (C=O) groups excluding carboxylic acids is 2. The van der Waals surface area contributed by atoms with Gasteiger partial charge in [-0.1, -0.05) is 29.8 Å². The van der Waals surface area contributed by atoms with E-state index in [1.165, 1.54) is 18.3 Å². The van der Waals surface area contributed by atoms with Crippen LogP contribution in [0.4, 0.5) is 0 Å². The molecule has 0 saturated carbocycles. The summed E-state index contributed by atoms with van der Waals surface area (Å²) in [4.78, 5) is 28.8. The zero-order chi connectivity index (χ0) is 17.7. The summed E-state index contributed by atoms with van der Waals surface area (Å²) in [5, 5.41) is 3.85. The van der Waals surface area contributed by atoms with Gasteiger partial charge in [-0.05, 0) is 26.0 Å². The standard InChI is InChI=1S/C17H17ClN2O3S/c1-4-8-19-15(21)11(3)23-17(22)14-10(2)20-16(24-14)12-6-5-7-13(18)9-12/h4-7,9,11H,1,8H2,2-3H3,(H,19,21)/t11-/m1/s1. The van der Waals surface area contributed by atoms with Gasteiger partial charge in [0.15, 0.2) is 6.10 Å². The number of hydrogen-bond acceptors (Lipinski definition) is 5. The Balaban J connectivity index is 2.13. The van der Waals surface area contributed by atoms with E-state index in [1.54, 1.807) is 25.1 Å². The topological polar surface area (TPSA) is 68.3 Å². The van der Waals surface area contributed by atoms with Crippen molar-refractivity contribution in [1.29, 1.82) is 0 Å². The minimum Gasteiger partial charge on any atom is -0.448 e. The number of carbonyl (C=O) groups is 2. The first-order chi connectivity index (χ1) is 11.4. The number of benzene rings is 1. The normalized spacial score (nSPS) is 11.6. The largest absolute Gasteiger partial charge is 0.448 e. The maximum absolute atomic E-state index is 12.3. The molecule has 5 nitrogen and oxygen atoms in total. The van der Waals surface area contributed by atoms with Gasteiger partial charge in [-0.2, -0.15) is 0 Å². The van der Waals surface area contributed by atoms with Gasteiger partial charge in [0.1, 0.15) is 9.88 Å². The van der Waals surface area contributed by atoms with E-state index in [9.17, 15) is 9.59 Å². The number of aryl methyl sites for hydroxylation is 1. The fourth-order valence-electron chi connectivity index (χ4n) is 1.91. The molecule has 0 aliphatic heterocycles. The summed E-state index contributed by atoms with van der Waals surface area (Å²) in [6.07, 6.45) is 0.658. The fraction of sp³-hybridized carbons (Fsp3) is 0.235. The van der Waals surface area contributed by atoms with Gasteiger partial charge in [0.2, 0.25) is 0 Å². The second-order valence-electron chi connectivity index (χ2n) is 5.03. The molecule has 2 rings (SSSR count). The third-order valence-corrected chi connectivity index (χ3v) is 4.55. The van der Waals surface area contributed by atoms with Crippen LogP contribution in [0.2, 0.25) is 5.02 Å². The number of nitrogens with one attached hydrogen (secondary N) is 1. The lowest BCUT2D eigenvalue weighted by molar-refractivity contribution is -0.128. The van der Waals surface area contributed by atoms with Gasteiger partial charge >= 0.3 is 5.97 Å². The average molecular weight is 365 g/mol. The molecule has 0 bridgehead atoms. The van der Waals surface area contributed by atoms with Crippen LogP contribution in [0.15, 0.2) is 36.9 Å². The number of aromatic nitrogens is 1. The van der Waals surface area contributed by atoms with Gasteiger partial charge in [0.25, 0.3) is 5.91 Å². The maximum Gasteiger partial charge on any atom is 0.351 e. The molecule has 7 heteroatoms. The Labute approximate surface area is 149 Å². The molecule has 1 aromatic heterocycles. The van der Waals surface area contributed by atoms with E-state index < -0.39 is 12.1 Å². The van der Waals surface area contributed by atoms with Gasteiger partial charge in [-0.25, -0.2) is 9.78 Å². The number of halogens is 1. The van der Waals surface area contributed by atoms with Crippen LogP contribution in [0, 0.1) is 6.92 Å². The Kier molecular flexibility index (Phi) is 6.11. The van der Waals surface area contributed by atoms with Crippen LogP contribution >= 0.6 is 22.9 Å². The predicted molar refractivity (Wildman–Crippen MR) is 95.4 cm³/mol. The molecule has 0 unspecified atom stereocenters. The van der Waals surface area contributed by atoms with Crippen molar-refractivity contribution >= 4 is 34.8 Å². The van der Waals surface area contributed by atoms with Crippen molar-refractivity contribution < 1.29 is 14.3 Å². The Hall–Kier alpha value is -2.18. The molecule has 0 aliphatic carbocycles. The quantitative estimate of drug-likeness (QED) is 0.628. The molecule has 1 amide bonds. The molecule has 0 spiro atoms. The zero-order valence-corrected chi connectivity index (χ0v) is 14.9. The van der Waals surface area contributed by atoms with Gasteiger partial charge in [-0.3, -0.25) is 4.79 Å². The van der Waals surface area contributed by atoms with Gasteiger partial charge in [-0.15, -0.1) is 17.9 Å². The number of nitrogens with zero attached hydrogens (tertiary/aromatic N) is 1. The lowest BCUT2D eigenvalue weighted by atomic mass is 10.2. The van der Waals surface area contributed by atoms with Crippen LogP contribution in [-0.4, -0.2) is 29.5 Å². The van der Waals surface area contributed by atoms with Crippen LogP contribution in [0.5, 0.6) is 0 Å². The fourth-order valence-corrected chi connectivity index (χ4v) is 3.05. The Morgan fingerprint density at radius 1 is 1.50 bits per heavy atom. The van der Waals surface area contributed by atoms with E-state index in [0.717, 1.165) is 5.56 Å². The van der Waals surface area contributed by atoms with Crippen molar-refractivity contribution in [2.24, 2.45) is 0 Å². The molecule has 0 fully saturated rings. The summed E-state index contributed by atoms with van der Waals surface area (Å²) in [6.45, 7) is 7.07. The minimum absolute atomic E-state index is 0.319. The number of thiazole rings is 1. The van der Waals surface area contributed by atoms with Crippen LogP contribution in [-0.2, 0) is 9.53 Å². The van der Waals surface area contributed by atoms with Crippen LogP contribution in [0.1, 0.15) is 22.3 Å². The Bertz CT molecular complexity index is 773. The number of rotatable bonds is 6. The highest BCUT2D eigenvalue weighted by Crippen LogP contribution is 2.30. The number of esters is 1. The molecule has 1 atom stereocenters. The number of ether oxygens (including phenoxy) is 1. The Morgan fingerprint density at radius 3 is 2.92 bits per heavy atom. The van der Waals surface area contributed by atoms with Crippen molar-refractivity contribution in [3.05, 3.63) is 52.5 Å². The van der Waals surface area contributed by atoms with Gasteiger partial charge < -0.3 is 10.1 Å². The first-order valence-electron chi connectivity index (χ1n) is 7.25. The second kappa shape index (κ2) is 8.08. The molecule has 0 radical (unpaired) electrons. The zero-order valence-electron chi connectivity index (χ0n) is 13.3. The predicted octanol–water partition coefficient (Wildman–Crippen LogP) is 3.62. The molecule has 126 valence electrons. The summed E-state index contributed by atoms with van der Waals surface area (Å²) in [6, 6.07) is 7.23. The van der Waals surface area contributed by atoms with E-state index in [1.807, 2.05) is 12.1 Å². The molecule has 0 saturated heterocycles. The number of hydrogen-bond donors (Lipinski definition) is 1. The molecular weight excluding hydrogens is 348 g/mol. The Morgan fingerprint density at radius 2 is 2.25 bits per heavy atom. The van der Waals surface area contributed by atoms with Crippen molar-refractivity contribution in [1.82, 2.24) is 10.3 Å². The number of amides is 1. The highest BCUT2D eigenvalue weighted by atomic mass is 35.5. The molecule has 2 aromatic rings. The summed E-state index contributed by atoms with van der Waals surface area (Å²) < 4.78 is 5.21. The molecule has 24 heavy (non-hydrogen) atoms. The van der Waals surface area contributed by atoms with Crippen molar-refractivity contribution in [3.8, 4) is 10.6 Å². The highest BCUT2D eigenvalue weighted by Gasteiger charge is 2.22. The third-order valence-electron chi connectivity index (χ3n) is 3.13. The molecule has 0 aliphatic rings. The first kappa shape index (κ1) is 18.2. The molecule has 1 aromatic carbocycles. The smallest absolute Gasteiger partial charge is 0.351 e. The minimum atomic E-state index is -0.895. The molecule has 1 N–H and O–H groups in total. The SMILES string of the molecule is C=CCNC(=O)[C@@H](C)OC(=O)c1sc(-c2cccc(Cl)c2)nc1C. The van der Waals surface area contributed by atoms with Crippen molar-refractivity contribution in [2.75, 3.05) is 6.54 Å². The first-order valence-corrected chi connectivity index (χ1v) is 8.44. The van der Waals surface area contributed by atoms with Crippen LogP contribution < -0.4 is 5.32 Å². The van der Waals surface area contributed by atoms with E-state index in [2.05, 4.69) is 16.9 Å². The summed E-state index contributed by atoms with van der Waals surface area (Å²) >= 11 is 7.19. The summed E-state index contributed by atoms with van der Waals surface area (Å²) in [5.74, 6) is -0.944. The van der Waals surface area contributed by atoms with Crippen molar-refractivity contribution in [2.45, 2.75) is 20.0 Å². The van der Waals surface area contributed by atoms with Crippen LogP contribution in [0.25, 0.3) is 10.6 Å².